The summed E-state index contributed by atoms with van der Waals surface area (Å²) in [5, 5.41) is 9.23. The fourth-order valence-corrected chi connectivity index (χ4v) is 4.84. The van der Waals surface area contributed by atoms with Gasteiger partial charge in [0.05, 0.1) is 38.7 Å². The van der Waals surface area contributed by atoms with E-state index in [4.69, 9.17) is 18.9 Å². The van der Waals surface area contributed by atoms with Crippen molar-refractivity contribution in [2.75, 3.05) is 44.1 Å². The van der Waals surface area contributed by atoms with Crippen molar-refractivity contribution in [1.82, 2.24) is 10.3 Å². The summed E-state index contributed by atoms with van der Waals surface area (Å²) in [4.78, 5) is 26.9. The van der Waals surface area contributed by atoms with E-state index in [9.17, 15) is 9.59 Å². The number of hydrogen-bond donors (Lipinski definition) is 1. The highest BCUT2D eigenvalue weighted by atomic mass is 32.2. The number of carbonyl (C=O) groups excluding carboxylic acids is 2. The van der Waals surface area contributed by atoms with Gasteiger partial charge in [-0.1, -0.05) is 23.9 Å². The molecule has 2 aromatic rings. The van der Waals surface area contributed by atoms with Gasteiger partial charge >= 0.3 is 11.3 Å². The van der Waals surface area contributed by atoms with E-state index in [0.29, 0.717) is 42.6 Å². The highest BCUT2D eigenvalue weighted by Gasteiger charge is 2.29. The average Bonchev–Trinajstić information content (AvgIpc) is 2.91. The number of benzene rings is 2. The third-order valence-corrected chi connectivity index (χ3v) is 6.73. The molecule has 204 valence electrons. The van der Waals surface area contributed by atoms with Crippen molar-refractivity contribution in [3.8, 4) is 11.5 Å². The van der Waals surface area contributed by atoms with Gasteiger partial charge in [0.15, 0.2) is 17.7 Å². The van der Waals surface area contributed by atoms with Crippen LogP contribution in [0.2, 0.25) is 0 Å². The normalized spacial score (nSPS) is 17.7. The summed E-state index contributed by atoms with van der Waals surface area (Å²) in [5.41, 5.74) is 3.17. The lowest BCUT2D eigenvalue weighted by atomic mass is 10.1. The Morgan fingerprint density at radius 1 is 1.24 bits per heavy atom. The number of nitrogens with one attached hydrogen (secondary N) is 1. The van der Waals surface area contributed by atoms with Crippen LogP contribution in [0.1, 0.15) is 31.9 Å². The first-order valence-corrected chi connectivity index (χ1v) is 13.6. The lowest BCUT2D eigenvalue weighted by Gasteiger charge is -2.33. The van der Waals surface area contributed by atoms with Crippen LogP contribution in [0, 0.1) is 0 Å². The molecule has 2 heterocycles. The average molecular weight is 543 g/mol. The molecule has 0 bridgehead atoms. The van der Waals surface area contributed by atoms with Crippen molar-refractivity contribution in [3.05, 3.63) is 53.6 Å². The van der Waals surface area contributed by atoms with Gasteiger partial charge in [0, 0.05) is 30.1 Å². The monoisotopic (exact) mass is 542 g/mol. The number of nitrogens with zero attached hydrogens (tertiary/aromatic N) is 3. The molecule has 1 fully saturated rings. The molecule has 1 unspecified atom stereocenters. The smallest absolute Gasteiger partial charge is 0.416 e. The van der Waals surface area contributed by atoms with Crippen LogP contribution in [0.5, 0.6) is 11.5 Å². The second kappa shape index (κ2) is 13.0. The number of ether oxygens (including phenoxy) is 4. The second-order valence-corrected chi connectivity index (χ2v) is 9.88. The van der Waals surface area contributed by atoms with E-state index in [1.54, 1.807) is 14.0 Å². The Morgan fingerprint density at radius 2 is 2.03 bits per heavy atom. The SMILES string of the molecule is CCOC(=O)N(c1ccc(CN2N=C(c3ccc(OC)c(OC(C)C)c3)CSC2=O)cc1)C1CNCCO1. The van der Waals surface area contributed by atoms with Crippen molar-refractivity contribution in [2.45, 2.75) is 39.6 Å². The molecular formula is C27H34N4O6S. The standard InChI is InChI=1S/C27H34N4O6S/c1-5-35-26(32)31(25-15-28-12-13-36-25)21-9-6-19(7-10-21)16-30-27(33)38-17-22(29-30)20-8-11-23(34-4)24(14-20)37-18(2)3/h6-11,14,18,25,28H,5,12-13,15-17H2,1-4H3. The Hall–Kier alpha value is -3.28. The topological polar surface area (TPSA) is 102 Å². The van der Waals surface area contributed by atoms with E-state index in [2.05, 4.69) is 10.4 Å². The van der Waals surface area contributed by atoms with Crippen LogP contribution in [0.3, 0.4) is 0 Å². The molecule has 2 aliphatic rings. The molecule has 0 aliphatic carbocycles. The van der Waals surface area contributed by atoms with Crippen molar-refractivity contribution in [1.29, 1.82) is 0 Å². The van der Waals surface area contributed by atoms with Gasteiger partial charge in [-0.3, -0.25) is 4.79 Å². The summed E-state index contributed by atoms with van der Waals surface area (Å²) >= 11 is 1.21. The van der Waals surface area contributed by atoms with Gasteiger partial charge in [0.25, 0.3) is 0 Å². The van der Waals surface area contributed by atoms with Gasteiger partial charge < -0.3 is 24.3 Å². The van der Waals surface area contributed by atoms with Gasteiger partial charge in [-0.15, -0.1) is 0 Å². The van der Waals surface area contributed by atoms with E-state index in [1.165, 1.54) is 21.7 Å². The first-order valence-electron chi connectivity index (χ1n) is 12.6. The maximum atomic E-state index is 12.7. The Bertz CT molecular complexity index is 1150. The third-order valence-electron chi connectivity index (χ3n) is 5.85. The van der Waals surface area contributed by atoms with E-state index in [-0.39, 0.29) is 18.0 Å². The predicted molar refractivity (Wildman–Crippen MR) is 147 cm³/mol. The number of methoxy groups -OCH3 is 1. The Kier molecular flexibility index (Phi) is 9.48. The number of thioether (sulfide) groups is 1. The number of morpholine rings is 1. The van der Waals surface area contributed by atoms with E-state index in [0.717, 1.165) is 23.4 Å². The number of hydrogen-bond acceptors (Lipinski definition) is 9. The predicted octanol–water partition coefficient (Wildman–Crippen LogP) is 4.46. The molecule has 4 rings (SSSR count). The van der Waals surface area contributed by atoms with Gasteiger partial charge in [0.1, 0.15) is 0 Å². The third kappa shape index (κ3) is 6.77. The minimum atomic E-state index is -0.467. The molecule has 2 aromatic carbocycles. The lowest BCUT2D eigenvalue weighted by Crippen LogP contribution is -2.52. The Balaban J connectivity index is 1.52. The number of hydrazone groups is 1. The summed E-state index contributed by atoms with van der Waals surface area (Å²) in [6, 6.07) is 13.1. The first kappa shape index (κ1) is 27.7. The van der Waals surface area contributed by atoms with Gasteiger partial charge in [-0.2, -0.15) is 5.10 Å². The van der Waals surface area contributed by atoms with Gasteiger partial charge in [-0.05, 0) is 56.7 Å². The number of anilines is 1. The van der Waals surface area contributed by atoms with Crippen molar-refractivity contribution >= 4 is 34.5 Å². The molecule has 1 N–H and O–H groups in total. The quantitative estimate of drug-likeness (QED) is 0.496. The zero-order valence-electron chi connectivity index (χ0n) is 22.1. The zero-order valence-corrected chi connectivity index (χ0v) is 23.0. The van der Waals surface area contributed by atoms with Crippen LogP contribution in [0.15, 0.2) is 47.6 Å². The van der Waals surface area contributed by atoms with Crippen LogP contribution in [-0.2, 0) is 16.0 Å². The summed E-state index contributed by atoms with van der Waals surface area (Å²) in [6.45, 7) is 7.99. The summed E-state index contributed by atoms with van der Waals surface area (Å²) < 4.78 is 22.4. The van der Waals surface area contributed by atoms with Crippen molar-refractivity contribution < 1.29 is 28.5 Å². The molecule has 1 atom stereocenters. The van der Waals surface area contributed by atoms with Gasteiger partial charge in [0.2, 0.25) is 0 Å². The fraction of sp³-hybridized carbons (Fsp3) is 0.444. The molecule has 2 aliphatic heterocycles. The van der Waals surface area contributed by atoms with Crippen LogP contribution >= 0.6 is 11.8 Å². The first-order chi connectivity index (χ1) is 18.4. The van der Waals surface area contributed by atoms with E-state index < -0.39 is 12.3 Å². The summed E-state index contributed by atoms with van der Waals surface area (Å²) in [6.07, 6.45) is -0.940. The highest BCUT2D eigenvalue weighted by molar-refractivity contribution is 8.14. The minimum absolute atomic E-state index is 0.0106. The number of rotatable bonds is 9. The van der Waals surface area contributed by atoms with E-state index in [1.807, 2.05) is 56.3 Å². The number of carbonyl (C=O) groups is 2. The van der Waals surface area contributed by atoms with Gasteiger partial charge in [-0.25, -0.2) is 14.7 Å². The van der Waals surface area contributed by atoms with Crippen LogP contribution < -0.4 is 19.7 Å². The van der Waals surface area contributed by atoms with Crippen molar-refractivity contribution in [3.63, 3.8) is 0 Å². The molecule has 0 saturated carbocycles. The molecule has 38 heavy (non-hydrogen) atoms. The summed E-state index contributed by atoms with van der Waals surface area (Å²) in [7, 11) is 1.60. The molecule has 0 spiro atoms. The Morgan fingerprint density at radius 3 is 2.68 bits per heavy atom. The molecular weight excluding hydrogens is 508 g/mol. The Labute approximate surface area is 227 Å². The lowest BCUT2D eigenvalue weighted by molar-refractivity contribution is 0.0247. The number of amides is 2. The molecule has 0 radical (unpaired) electrons. The second-order valence-electron chi connectivity index (χ2n) is 8.96. The molecule has 0 aromatic heterocycles. The summed E-state index contributed by atoms with van der Waals surface area (Å²) in [5.74, 6) is 1.74. The molecule has 2 amide bonds. The van der Waals surface area contributed by atoms with Crippen LogP contribution in [-0.4, -0.2) is 73.6 Å². The largest absolute Gasteiger partial charge is 0.493 e. The maximum absolute atomic E-state index is 12.7. The van der Waals surface area contributed by atoms with Crippen molar-refractivity contribution in [2.24, 2.45) is 5.10 Å². The van der Waals surface area contributed by atoms with Crippen LogP contribution in [0.25, 0.3) is 0 Å². The van der Waals surface area contributed by atoms with Crippen LogP contribution in [0.4, 0.5) is 15.3 Å². The van der Waals surface area contributed by atoms with E-state index >= 15 is 0 Å². The molecule has 10 nitrogen and oxygen atoms in total. The highest BCUT2D eigenvalue weighted by Crippen LogP contribution is 2.31. The molecule has 11 heteroatoms. The molecule has 1 saturated heterocycles. The fourth-order valence-electron chi connectivity index (χ4n) is 4.10. The zero-order chi connectivity index (χ0) is 27.1. The minimum Gasteiger partial charge on any atom is -0.493 e. The maximum Gasteiger partial charge on any atom is 0.416 e.